The molecule has 0 saturated carbocycles. The SMILES string of the molecule is C=Cc1c(NC(=O)C2=CC=CC=C3C=C(OCCN4CCN(C)CC4)C=CN32)cccc1N(C)Cc1cccc(C(C)C)n1. The summed E-state index contributed by atoms with van der Waals surface area (Å²) in [6, 6.07) is 12.1. The molecule has 0 unspecified atom stereocenters. The van der Waals surface area contributed by atoms with Gasteiger partial charge < -0.3 is 24.8 Å². The van der Waals surface area contributed by atoms with Crippen LogP contribution >= 0.6 is 0 Å². The summed E-state index contributed by atoms with van der Waals surface area (Å²) < 4.78 is 6.11. The third kappa shape index (κ3) is 7.56. The number of nitrogens with zero attached hydrogens (tertiary/aromatic N) is 5. The van der Waals surface area contributed by atoms with Crippen LogP contribution in [0.3, 0.4) is 0 Å². The molecular formula is C36H44N6O2. The van der Waals surface area contributed by atoms with Crippen molar-refractivity contribution >= 4 is 23.4 Å². The van der Waals surface area contributed by atoms with Gasteiger partial charge in [-0.2, -0.15) is 0 Å². The zero-order valence-corrected chi connectivity index (χ0v) is 26.4. The fourth-order valence-corrected chi connectivity index (χ4v) is 5.50. The van der Waals surface area contributed by atoms with Crippen molar-refractivity contribution < 1.29 is 9.53 Å². The topological polar surface area (TPSA) is 64.2 Å². The van der Waals surface area contributed by atoms with E-state index in [4.69, 9.17) is 9.72 Å². The highest BCUT2D eigenvalue weighted by Gasteiger charge is 2.23. The van der Waals surface area contributed by atoms with E-state index in [9.17, 15) is 4.79 Å². The highest BCUT2D eigenvalue weighted by Crippen LogP contribution is 2.31. The molecule has 3 aliphatic rings. The van der Waals surface area contributed by atoms with Crippen LogP contribution in [0.4, 0.5) is 11.4 Å². The van der Waals surface area contributed by atoms with Gasteiger partial charge in [-0.05, 0) is 55.5 Å². The molecule has 0 radical (unpaired) electrons. The van der Waals surface area contributed by atoms with Crippen molar-refractivity contribution in [1.82, 2.24) is 19.7 Å². The van der Waals surface area contributed by atoms with E-state index in [2.05, 4.69) is 59.6 Å². The molecule has 0 bridgehead atoms. The average molecular weight is 593 g/mol. The van der Waals surface area contributed by atoms with Crippen LogP contribution in [-0.2, 0) is 16.1 Å². The second-order valence-corrected chi connectivity index (χ2v) is 11.7. The first-order chi connectivity index (χ1) is 21.3. The lowest BCUT2D eigenvalue weighted by atomic mass is 10.1. The van der Waals surface area contributed by atoms with Crippen molar-refractivity contribution in [3.8, 4) is 0 Å². The van der Waals surface area contributed by atoms with Gasteiger partial charge in [0.1, 0.15) is 18.1 Å². The Bertz CT molecular complexity index is 1510. The molecule has 1 fully saturated rings. The lowest BCUT2D eigenvalue weighted by Crippen LogP contribution is -2.45. The van der Waals surface area contributed by atoms with Crippen molar-refractivity contribution in [2.24, 2.45) is 0 Å². The van der Waals surface area contributed by atoms with E-state index in [1.165, 1.54) is 0 Å². The van der Waals surface area contributed by atoms with Crippen LogP contribution in [0.2, 0.25) is 0 Å². The van der Waals surface area contributed by atoms with Crippen molar-refractivity contribution in [1.29, 1.82) is 0 Å². The standard InChI is InChI=1S/C36H44N6O2/c1-6-31-33(14-10-16-34(31)40(5)26-28-11-9-13-32(37-28)27(2)3)38-36(43)35-15-8-7-12-29-25-30(17-18-42(29)35)44-24-23-41-21-19-39(4)20-22-41/h6-18,25,27H,1,19-24,26H2,2-5H3,(H,38,43). The minimum absolute atomic E-state index is 0.214. The summed E-state index contributed by atoms with van der Waals surface area (Å²) in [5, 5.41) is 3.14. The fraction of sp³-hybridized carbons (Fsp3) is 0.333. The van der Waals surface area contributed by atoms with E-state index in [0.29, 0.717) is 30.5 Å². The maximum atomic E-state index is 13.7. The Labute approximate surface area is 262 Å². The van der Waals surface area contributed by atoms with E-state index in [0.717, 1.165) is 66.8 Å². The van der Waals surface area contributed by atoms with E-state index in [1.54, 1.807) is 6.08 Å². The van der Waals surface area contributed by atoms with Crippen LogP contribution in [0.1, 0.15) is 36.7 Å². The predicted octanol–water partition coefficient (Wildman–Crippen LogP) is 5.74. The highest BCUT2D eigenvalue weighted by atomic mass is 16.5. The molecule has 0 atom stereocenters. The summed E-state index contributed by atoms with van der Waals surface area (Å²) in [7, 11) is 4.19. The van der Waals surface area contributed by atoms with Gasteiger partial charge in [0.2, 0.25) is 0 Å². The number of aromatic nitrogens is 1. The first-order valence-electron chi connectivity index (χ1n) is 15.4. The Morgan fingerprint density at radius 3 is 2.66 bits per heavy atom. The van der Waals surface area contributed by atoms with Gasteiger partial charge in [-0.15, -0.1) is 0 Å². The molecule has 5 rings (SSSR count). The van der Waals surface area contributed by atoms with Gasteiger partial charge in [0.05, 0.1) is 17.9 Å². The molecule has 1 amide bonds. The lowest BCUT2D eigenvalue weighted by Gasteiger charge is -2.32. The van der Waals surface area contributed by atoms with Gasteiger partial charge in [0, 0.05) is 74.7 Å². The molecule has 8 heteroatoms. The summed E-state index contributed by atoms with van der Waals surface area (Å²) in [4.78, 5) is 27.4. The second-order valence-electron chi connectivity index (χ2n) is 11.7. The largest absolute Gasteiger partial charge is 0.492 e. The number of fused-ring (bicyclic) bond motifs is 1. The Hall–Kier alpha value is -4.40. The molecule has 230 valence electrons. The number of likely N-dealkylation sites (N-methyl/N-ethyl adjacent to an activating group) is 1. The summed E-state index contributed by atoms with van der Waals surface area (Å²) >= 11 is 0. The minimum atomic E-state index is -0.214. The Balaban J connectivity index is 1.25. The molecule has 44 heavy (non-hydrogen) atoms. The van der Waals surface area contributed by atoms with Crippen LogP contribution in [0.25, 0.3) is 6.08 Å². The van der Waals surface area contributed by atoms with E-state index >= 15 is 0 Å². The minimum Gasteiger partial charge on any atom is -0.492 e. The van der Waals surface area contributed by atoms with E-state index < -0.39 is 0 Å². The quantitative estimate of drug-likeness (QED) is 0.357. The maximum Gasteiger partial charge on any atom is 0.272 e. The molecule has 3 aliphatic heterocycles. The molecule has 1 saturated heterocycles. The predicted molar refractivity (Wildman–Crippen MR) is 180 cm³/mol. The Morgan fingerprint density at radius 1 is 1.11 bits per heavy atom. The summed E-state index contributed by atoms with van der Waals surface area (Å²) in [6.07, 6.45) is 15.2. The van der Waals surface area contributed by atoms with Gasteiger partial charge >= 0.3 is 0 Å². The molecule has 0 aliphatic carbocycles. The molecular weight excluding hydrogens is 548 g/mol. The van der Waals surface area contributed by atoms with E-state index in [-0.39, 0.29) is 5.91 Å². The van der Waals surface area contributed by atoms with Crippen LogP contribution in [-0.4, -0.2) is 79.0 Å². The number of amides is 1. The Morgan fingerprint density at radius 2 is 1.89 bits per heavy atom. The number of rotatable bonds is 11. The smallest absolute Gasteiger partial charge is 0.272 e. The number of allylic oxidation sites excluding steroid dienone is 6. The maximum absolute atomic E-state index is 13.7. The Kier molecular flexibility index (Phi) is 10.1. The van der Waals surface area contributed by atoms with Crippen LogP contribution < -0.4 is 10.2 Å². The number of benzene rings is 1. The molecule has 1 aromatic carbocycles. The molecule has 4 heterocycles. The van der Waals surface area contributed by atoms with Gasteiger partial charge in [-0.1, -0.05) is 50.8 Å². The van der Waals surface area contributed by atoms with Crippen LogP contribution in [0, 0.1) is 0 Å². The van der Waals surface area contributed by atoms with Crippen molar-refractivity contribution in [2.45, 2.75) is 26.3 Å². The summed E-state index contributed by atoms with van der Waals surface area (Å²) in [6.45, 7) is 14.8. The molecule has 1 aromatic heterocycles. The number of anilines is 2. The molecule has 2 aromatic rings. The van der Waals surface area contributed by atoms with Crippen molar-refractivity contribution in [3.05, 3.63) is 120 Å². The third-order valence-corrected chi connectivity index (χ3v) is 8.12. The summed E-state index contributed by atoms with van der Waals surface area (Å²) in [5.41, 5.74) is 5.96. The first-order valence-corrected chi connectivity index (χ1v) is 15.4. The van der Waals surface area contributed by atoms with Crippen LogP contribution in [0.15, 0.2) is 103 Å². The summed E-state index contributed by atoms with van der Waals surface area (Å²) in [5.74, 6) is 0.937. The second kappa shape index (κ2) is 14.4. The normalized spacial score (nSPS) is 16.9. The molecule has 1 N–H and O–H groups in total. The van der Waals surface area contributed by atoms with Crippen molar-refractivity contribution in [2.75, 3.05) is 63.6 Å². The monoisotopic (exact) mass is 592 g/mol. The van der Waals surface area contributed by atoms with Crippen LogP contribution in [0.5, 0.6) is 0 Å². The lowest BCUT2D eigenvalue weighted by molar-refractivity contribution is -0.113. The first kappa shape index (κ1) is 31.0. The molecule has 8 nitrogen and oxygen atoms in total. The third-order valence-electron chi connectivity index (χ3n) is 8.12. The number of hydrogen-bond acceptors (Lipinski definition) is 7. The fourth-order valence-electron chi connectivity index (χ4n) is 5.50. The van der Waals surface area contributed by atoms with Gasteiger partial charge in [-0.25, -0.2) is 0 Å². The number of nitrogens with one attached hydrogen (secondary N) is 1. The van der Waals surface area contributed by atoms with Gasteiger partial charge in [0.25, 0.3) is 5.91 Å². The van der Waals surface area contributed by atoms with Gasteiger partial charge in [-0.3, -0.25) is 14.7 Å². The van der Waals surface area contributed by atoms with E-state index in [1.807, 2.05) is 78.9 Å². The molecule has 0 spiro atoms. The number of piperazine rings is 1. The number of pyridine rings is 1. The van der Waals surface area contributed by atoms with Gasteiger partial charge in [0.15, 0.2) is 0 Å². The highest BCUT2D eigenvalue weighted by molar-refractivity contribution is 6.05. The number of carbonyl (C=O) groups is 1. The zero-order valence-electron chi connectivity index (χ0n) is 26.4. The number of carbonyl (C=O) groups excluding carboxylic acids is 1. The number of ether oxygens (including phenoxy) is 1. The van der Waals surface area contributed by atoms with Crippen molar-refractivity contribution in [3.63, 3.8) is 0 Å². The zero-order chi connectivity index (χ0) is 31.1. The number of hydrogen-bond donors (Lipinski definition) is 1. The average Bonchev–Trinajstić information content (AvgIpc) is 3.24.